The van der Waals surface area contributed by atoms with Crippen LogP contribution in [0.1, 0.15) is 28.7 Å². The van der Waals surface area contributed by atoms with Gasteiger partial charge in [0.25, 0.3) is 5.91 Å². The number of aromatic nitrogens is 3. The molecule has 0 aliphatic carbocycles. The van der Waals surface area contributed by atoms with E-state index in [0.29, 0.717) is 11.3 Å². The molecule has 2 rings (SSSR count). The minimum absolute atomic E-state index is 0.112. The number of carboxylic acid groups (broad SMARTS) is 1. The highest BCUT2D eigenvalue weighted by Crippen LogP contribution is 2.21. The average Bonchev–Trinajstić information content (AvgIpc) is 2.79. The first-order valence-corrected chi connectivity index (χ1v) is 6.34. The van der Waals surface area contributed by atoms with Crippen LogP contribution in [0.5, 0.6) is 0 Å². The van der Waals surface area contributed by atoms with Gasteiger partial charge in [0.15, 0.2) is 11.2 Å². The number of aryl methyl sites for hydroxylation is 1. The first-order valence-electron chi connectivity index (χ1n) is 6.34. The molecule has 110 valence electrons. The van der Waals surface area contributed by atoms with E-state index in [4.69, 9.17) is 0 Å². The van der Waals surface area contributed by atoms with Crippen LogP contribution in [-0.2, 0) is 17.4 Å². The summed E-state index contributed by atoms with van der Waals surface area (Å²) in [5.74, 6) is -1.72. The summed E-state index contributed by atoms with van der Waals surface area (Å²) in [5, 5.41) is 19.5. The van der Waals surface area contributed by atoms with Gasteiger partial charge in [-0.2, -0.15) is 0 Å². The van der Waals surface area contributed by atoms with Gasteiger partial charge in [0, 0.05) is 7.05 Å². The topological polar surface area (TPSA) is 97.1 Å². The predicted octanol–water partition coefficient (Wildman–Crippen LogP) is 0.853. The van der Waals surface area contributed by atoms with Gasteiger partial charge in [0.2, 0.25) is 0 Å². The van der Waals surface area contributed by atoms with Crippen molar-refractivity contribution in [2.24, 2.45) is 7.05 Å². The Bertz CT molecular complexity index is 681. The summed E-state index contributed by atoms with van der Waals surface area (Å²) in [4.78, 5) is 23.9. The van der Waals surface area contributed by atoms with E-state index in [0.717, 1.165) is 0 Å². The van der Waals surface area contributed by atoms with Crippen molar-refractivity contribution in [1.29, 1.82) is 0 Å². The van der Waals surface area contributed by atoms with E-state index in [1.807, 2.05) is 0 Å². The van der Waals surface area contributed by atoms with Crippen molar-refractivity contribution in [3.05, 3.63) is 47.3 Å². The lowest BCUT2D eigenvalue weighted by molar-refractivity contribution is -0.144. The molecule has 0 bridgehead atoms. The van der Waals surface area contributed by atoms with Crippen molar-refractivity contribution in [2.75, 3.05) is 0 Å². The number of hydrogen-bond donors (Lipinski definition) is 2. The fourth-order valence-electron chi connectivity index (χ4n) is 1.92. The van der Waals surface area contributed by atoms with E-state index in [1.54, 1.807) is 44.3 Å². The largest absolute Gasteiger partial charge is 0.479 e. The lowest BCUT2D eigenvalue weighted by atomic mass is 9.92. The van der Waals surface area contributed by atoms with Crippen LogP contribution in [0.4, 0.5) is 0 Å². The lowest BCUT2D eigenvalue weighted by Gasteiger charge is -2.26. The van der Waals surface area contributed by atoms with Gasteiger partial charge in [0.05, 0.1) is 5.69 Å². The Morgan fingerprint density at radius 1 is 1.29 bits per heavy atom. The van der Waals surface area contributed by atoms with Gasteiger partial charge in [-0.25, -0.2) is 4.79 Å². The van der Waals surface area contributed by atoms with Crippen LogP contribution in [0, 0.1) is 6.92 Å². The summed E-state index contributed by atoms with van der Waals surface area (Å²) >= 11 is 0. The van der Waals surface area contributed by atoms with E-state index >= 15 is 0 Å². The summed E-state index contributed by atoms with van der Waals surface area (Å²) in [7, 11) is 1.66. The molecule has 1 aromatic heterocycles. The third-order valence-corrected chi connectivity index (χ3v) is 3.46. The molecule has 0 saturated carbocycles. The van der Waals surface area contributed by atoms with E-state index < -0.39 is 17.4 Å². The fraction of sp³-hybridized carbons (Fsp3) is 0.286. The van der Waals surface area contributed by atoms with Crippen LogP contribution in [0.25, 0.3) is 0 Å². The van der Waals surface area contributed by atoms with Gasteiger partial charge in [-0.1, -0.05) is 35.5 Å². The monoisotopic (exact) mass is 288 g/mol. The summed E-state index contributed by atoms with van der Waals surface area (Å²) < 4.78 is 1.45. The molecule has 1 unspecified atom stereocenters. The van der Waals surface area contributed by atoms with Gasteiger partial charge in [0.1, 0.15) is 0 Å². The Kier molecular flexibility index (Phi) is 3.75. The summed E-state index contributed by atoms with van der Waals surface area (Å²) in [6.45, 7) is 3.13. The Hall–Kier alpha value is -2.70. The zero-order chi connectivity index (χ0) is 15.6. The molecule has 0 aliphatic rings. The molecule has 7 heteroatoms. The molecule has 7 nitrogen and oxygen atoms in total. The molecule has 2 aromatic rings. The molecule has 1 aromatic carbocycles. The molecule has 2 N–H and O–H groups in total. The predicted molar refractivity (Wildman–Crippen MR) is 74.6 cm³/mol. The van der Waals surface area contributed by atoms with Crippen LogP contribution in [0.2, 0.25) is 0 Å². The number of rotatable bonds is 4. The maximum Gasteiger partial charge on any atom is 0.333 e. The smallest absolute Gasteiger partial charge is 0.333 e. The number of nitrogens with one attached hydrogen (secondary N) is 1. The number of hydrogen-bond acceptors (Lipinski definition) is 4. The van der Waals surface area contributed by atoms with Gasteiger partial charge >= 0.3 is 5.97 Å². The molecular weight excluding hydrogens is 272 g/mol. The molecule has 0 aliphatic heterocycles. The Morgan fingerprint density at radius 2 is 1.90 bits per heavy atom. The van der Waals surface area contributed by atoms with Crippen molar-refractivity contribution < 1.29 is 14.7 Å². The maximum atomic E-state index is 12.3. The van der Waals surface area contributed by atoms with Crippen molar-refractivity contribution in [2.45, 2.75) is 19.4 Å². The van der Waals surface area contributed by atoms with Crippen molar-refractivity contribution in [1.82, 2.24) is 20.3 Å². The molecule has 1 heterocycles. The number of carbonyl (C=O) groups excluding carboxylic acids is 1. The van der Waals surface area contributed by atoms with E-state index in [9.17, 15) is 14.7 Å². The molecular formula is C14H16N4O3. The van der Waals surface area contributed by atoms with Crippen LogP contribution in [0.15, 0.2) is 30.3 Å². The zero-order valence-electron chi connectivity index (χ0n) is 12.0. The molecule has 0 saturated heterocycles. The maximum absolute atomic E-state index is 12.3. The van der Waals surface area contributed by atoms with E-state index in [-0.39, 0.29) is 5.69 Å². The van der Waals surface area contributed by atoms with Crippen molar-refractivity contribution >= 4 is 11.9 Å². The van der Waals surface area contributed by atoms with Crippen molar-refractivity contribution in [3.8, 4) is 0 Å². The Morgan fingerprint density at radius 3 is 2.38 bits per heavy atom. The van der Waals surface area contributed by atoms with E-state index in [2.05, 4.69) is 15.6 Å². The minimum atomic E-state index is -1.54. The van der Waals surface area contributed by atoms with Crippen molar-refractivity contribution in [3.63, 3.8) is 0 Å². The number of nitrogens with zero attached hydrogens (tertiary/aromatic N) is 3. The molecule has 0 spiro atoms. The number of amides is 1. The second-order valence-electron chi connectivity index (χ2n) is 4.90. The number of benzene rings is 1. The third-order valence-electron chi connectivity index (χ3n) is 3.46. The number of carbonyl (C=O) groups is 2. The number of carboxylic acids is 1. The van der Waals surface area contributed by atoms with Gasteiger partial charge < -0.3 is 10.4 Å². The average molecular weight is 288 g/mol. The van der Waals surface area contributed by atoms with Gasteiger partial charge in [-0.3, -0.25) is 9.48 Å². The highest BCUT2D eigenvalue weighted by molar-refractivity contribution is 5.97. The zero-order valence-corrected chi connectivity index (χ0v) is 12.0. The Labute approximate surface area is 121 Å². The highest BCUT2D eigenvalue weighted by atomic mass is 16.4. The third kappa shape index (κ3) is 2.62. The normalized spacial score (nSPS) is 13.5. The van der Waals surface area contributed by atoms with E-state index in [1.165, 1.54) is 11.6 Å². The number of aliphatic carboxylic acids is 1. The minimum Gasteiger partial charge on any atom is -0.479 e. The molecule has 0 fully saturated rings. The van der Waals surface area contributed by atoms with Gasteiger partial charge in [-0.15, -0.1) is 5.10 Å². The van der Waals surface area contributed by atoms with Crippen LogP contribution in [-0.4, -0.2) is 32.0 Å². The first-order chi connectivity index (χ1) is 9.86. The van der Waals surface area contributed by atoms with Crippen LogP contribution in [0.3, 0.4) is 0 Å². The molecule has 1 amide bonds. The quantitative estimate of drug-likeness (QED) is 0.869. The summed E-state index contributed by atoms with van der Waals surface area (Å²) in [6, 6.07) is 8.52. The molecule has 21 heavy (non-hydrogen) atoms. The Balaban J connectivity index is 2.35. The second kappa shape index (κ2) is 5.35. The second-order valence-corrected chi connectivity index (χ2v) is 4.90. The van der Waals surface area contributed by atoms with Crippen LogP contribution < -0.4 is 5.32 Å². The van der Waals surface area contributed by atoms with Crippen LogP contribution >= 0.6 is 0 Å². The summed E-state index contributed by atoms with van der Waals surface area (Å²) in [5.41, 5.74) is -0.385. The molecule has 1 atom stereocenters. The first kappa shape index (κ1) is 14.7. The summed E-state index contributed by atoms with van der Waals surface area (Å²) in [6.07, 6.45) is 0. The highest BCUT2D eigenvalue weighted by Gasteiger charge is 2.37. The standard InChI is InChI=1S/C14H16N4O3/c1-9-11(16-17-18(9)3)12(19)15-14(2,13(20)21)10-7-5-4-6-8-10/h4-8H,1-3H3,(H,15,19)(H,20,21). The molecule has 0 radical (unpaired) electrons. The lowest BCUT2D eigenvalue weighted by Crippen LogP contribution is -2.49. The SMILES string of the molecule is Cc1c(C(=O)NC(C)(C(=O)O)c2ccccc2)nnn1C. The van der Waals surface area contributed by atoms with Gasteiger partial charge in [-0.05, 0) is 19.4 Å². The fourth-order valence-corrected chi connectivity index (χ4v) is 1.92.